The summed E-state index contributed by atoms with van der Waals surface area (Å²) in [4.78, 5) is 11.8. The van der Waals surface area contributed by atoms with Gasteiger partial charge < -0.3 is 15.2 Å². The minimum Gasteiger partial charge on any atom is -0.385 e. The molecule has 0 aliphatic carbocycles. The van der Waals surface area contributed by atoms with Crippen molar-refractivity contribution in [3.8, 4) is 0 Å². The first-order valence-electron chi connectivity index (χ1n) is 7.25. The number of aliphatic hydroxyl groups is 1. The van der Waals surface area contributed by atoms with Gasteiger partial charge in [-0.3, -0.25) is 4.79 Å². The zero-order chi connectivity index (χ0) is 14.4. The fraction of sp³-hybridized carbons (Fsp3) is 0.562. The minimum absolute atomic E-state index is 0.00606. The number of carbonyl (C=O) groups is 1. The lowest BCUT2D eigenvalue weighted by atomic mass is 9.96. The van der Waals surface area contributed by atoms with E-state index in [0.29, 0.717) is 19.4 Å². The topological polar surface area (TPSA) is 58.6 Å². The molecule has 0 spiro atoms. The molecule has 0 radical (unpaired) electrons. The van der Waals surface area contributed by atoms with Crippen LogP contribution >= 0.6 is 0 Å². The average Bonchev–Trinajstić information content (AvgIpc) is 2.78. The smallest absolute Gasteiger partial charge is 0.220 e. The first-order valence-corrected chi connectivity index (χ1v) is 7.25. The predicted molar refractivity (Wildman–Crippen MR) is 77.4 cm³/mol. The number of ether oxygens (including phenoxy) is 1. The Bertz CT molecular complexity index is 435. The molecule has 0 unspecified atom stereocenters. The van der Waals surface area contributed by atoms with Crippen molar-refractivity contribution in [1.82, 2.24) is 5.32 Å². The Labute approximate surface area is 120 Å². The molecule has 110 valence electrons. The predicted octanol–water partition coefficient (Wildman–Crippen LogP) is 1.67. The maximum atomic E-state index is 11.8. The number of nitrogens with one attached hydrogen (secondary N) is 1. The molecule has 0 aromatic heterocycles. The Morgan fingerprint density at radius 3 is 2.85 bits per heavy atom. The molecule has 2 atom stereocenters. The van der Waals surface area contributed by atoms with Crippen LogP contribution in [-0.2, 0) is 16.0 Å². The summed E-state index contributed by atoms with van der Waals surface area (Å²) in [5.74, 6) is -0.00606. The monoisotopic (exact) mass is 277 g/mol. The maximum absolute atomic E-state index is 11.8. The van der Waals surface area contributed by atoms with Crippen LogP contribution in [0.4, 0.5) is 0 Å². The molecule has 0 bridgehead atoms. The number of carbonyl (C=O) groups excluding carboxylic acids is 1. The van der Waals surface area contributed by atoms with Gasteiger partial charge in [0.1, 0.15) is 5.60 Å². The fourth-order valence-electron chi connectivity index (χ4n) is 2.44. The van der Waals surface area contributed by atoms with Crippen molar-refractivity contribution >= 4 is 5.91 Å². The number of hydrogen-bond donors (Lipinski definition) is 2. The second kappa shape index (κ2) is 6.86. The van der Waals surface area contributed by atoms with Gasteiger partial charge in [0.15, 0.2) is 0 Å². The van der Waals surface area contributed by atoms with Crippen LogP contribution in [0.2, 0.25) is 0 Å². The Balaban J connectivity index is 1.66. The van der Waals surface area contributed by atoms with Gasteiger partial charge in [0.2, 0.25) is 5.91 Å². The van der Waals surface area contributed by atoms with E-state index in [0.717, 1.165) is 12.8 Å². The third-order valence-electron chi connectivity index (χ3n) is 3.96. The summed E-state index contributed by atoms with van der Waals surface area (Å²) in [5, 5.41) is 13.1. The Kier molecular flexibility index (Phi) is 5.15. The largest absolute Gasteiger partial charge is 0.385 e. The van der Waals surface area contributed by atoms with E-state index in [1.807, 2.05) is 25.1 Å². The molecular formula is C16H23NO3. The van der Waals surface area contributed by atoms with Gasteiger partial charge in [-0.15, -0.1) is 0 Å². The standard InChI is InChI=1S/C16H23NO3/c1-13-16(19,10-11-20-13)12-17-15(18)9-5-8-14-6-3-2-4-7-14/h2-4,6-7,13,19H,5,8-12H2,1H3,(H,17,18)/t13-,16+/m1/s1. The molecule has 1 aromatic carbocycles. The Morgan fingerprint density at radius 1 is 1.45 bits per heavy atom. The van der Waals surface area contributed by atoms with Gasteiger partial charge in [0, 0.05) is 26.0 Å². The van der Waals surface area contributed by atoms with Crippen LogP contribution in [0.25, 0.3) is 0 Å². The SMILES string of the molecule is C[C@H]1OCC[C@]1(O)CNC(=O)CCCc1ccccc1. The molecule has 20 heavy (non-hydrogen) atoms. The molecule has 1 heterocycles. The van der Waals surface area contributed by atoms with Crippen molar-refractivity contribution in [1.29, 1.82) is 0 Å². The van der Waals surface area contributed by atoms with Crippen LogP contribution in [0.3, 0.4) is 0 Å². The molecule has 1 aliphatic rings. The second-order valence-corrected chi connectivity index (χ2v) is 5.48. The van der Waals surface area contributed by atoms with Crippen LogP contribution < -0.4 is 5.32 Å². The molecule has 4 heteroatoms. The highest BCUT2D eigenvalue weighted by atomic mass is 16.5. The van der Waals surface area contributed by atoms with Crippen LogP contribution in [0, 0.1) is 0 Å². The lowest BCUT2D eigenvalue weighted by molar-refractivity contribution is -0.123. The number of aryl methyl sites for hydroxylation is 1. The van der Waals surface area contributed by atoms with Crippen LogP contribution in [0.1, 0.15) is 31.7 Å². The van der Waals surface area contributed by atoms with E-state index < -0.39 is 5.60 Å². The molecule has 2 N–H and O–H groups in total. The van der Waals surface area contributed by atoms with Gasteiger partial charge in [-0.05, 0) is 25.3 Å². The van der Waals surface area contributed by atoms with E-state index in [9.17, 15) is 9.90 Å². The summed E-state index contributed by atoms with van der Waals surface area (Å²) >= 11 is 0. The number of benzene rings is 1. The van der Waals surface area contributed by atoms with E-state index >= 15 is 0 Å². The van der Waals surface area contributed by atoms with Gasteiger partial charge in [-0.1, -0.05) is 30.3 Å². The lowest BCUT2D eigenvalue weighted by Crippen LogP contribution is -2.47. The van der Waals surface area contributed by atoms with Crippen molar-refractivity contribution in [2.75, 3.05) is 13.2 Å². The number of rotatable bonds is 6. The summed E-state index contributed by atoms with van der Waals surface area (Å²) in [6.07, 6.45) is 2.57. The molecule has 2 rings (SSSR count). The summed E-state index contributed by atoms with van der Waals surface area (Å²) in [6.45, 7) is 2.68. The van der Waals surface area contributed by atoms with Crippen molar-refractivity contribution in [3.05, 3.63) is 35.9 Å². The lowest BCUT2D eigenvalue weighted by Gasteiger charge is -2.26. The van der Waals surface area contributed by atoms with Gasteiger partial charge in [-0.25, -0.2) is 0 Å². The van der Waals surface area contributed by atoms with E-state index in [1.165, 1.54) is 5.56 Å². The van der Waals surface area contributed by atoms with E-state index in [1.54, 1.807) is 0 Å². The van der Waals surface area contributed by atoms with Gasteiger partial charge >= 0.3 is 0 Å². The molecule has 1 aliphatic heterocycles. The summed E-state index contributed by atoms with van der Waals surface area (Å²) in [7, 11) is 0. The molecule has 1 aromatic rings. The zero-order valence-corrected chi connectivity index (χ0v) is 12.0. The van der Waals surface area contributed by atoms with Crippen molar-refractivity contribution in [2.45, 2.75) is 44.3 Å². The second-order valence-electron chi connectivity index (χ2n) is 5.48. The normalized spacial score (nSPS) is 25.6. The minimum atomic E-state index is -0.908. The third kappa shape index (κ3) is 4.05. The third-order valence-corrected chi connectivity index (χ3v) is 3.96. The molecule has 1 amide bonds. The number of hydrogen-bond acceptors (Lipinski definition) is 3. The van der Waals surface area contributed by atoms with E-state index in [4.69, 9.17) is 4.74 Å². The van der Waals surface area contributed by atoms with E-state index in [2.05, 4.69) is 17.4 Å². The first kappa shape index (κ1) is 15.0. The van der Waals surface area contributed by atoms with Crippen LogP contribution in [-0.4, -0.2) is 35.9 Å². The highest BCUT2D eigenvalue weighted by Crippen LogP contribution is 2.24. The first-order chi connectivity index (χ1) is 9.60. The summed E-state index contributed by atoms with van der Waals surface area (Å²) < 4.78 is 5.34. The Hall–Kier alpha value is -1.39. The molecule has 0 saturated carbocycles. The van der Waals surface area contributed by atoms with Crippen molar-refractivity contribution < 1.29 is 14.6 Å². The maximum Gasteiger partial charge on any atom is 0.220 e. The highest BCUT2D eigenvalue weighted by molar-refractivity contribution is 5.75. The van der Waals surface area contributed by atoms with E-state index in [-0.39, 0.29) is 18.6 Å². The summed E-state index contributed by atoms with van der Waals surface area (Å²) in [5.41, 5.74) is 0.339. The highest BCUT2D eigenvalue weighted by Gasteiger charge is 2.39. The van der Waals surface area contributed by atoms with Crippen LogP contribution in [0.5, 0.6) is 0 Å². The molecule has 1 fully saturated rings. The van der Waals surface area contributed by atoms with Gasteiger partial charge in [0.05, 0.1) is 6.10 Å². The fourth-order valence-corrected chi connectivity index (χ4v) is 2.44. The van der Waals surface area contributed by atoms with Crippen molar-refractivity contribution in [2.24, 2.45) is 0 Å². The van der Waals surface area contributed by atoms with Crippen LogP contribution in [0.15, 0.2) is 30.3 Å². The van der Waals surface area contributed by atoms with Gasteiger partial charge in [-0.2, -0.15) is 0 Å². The quantitative estimate of drug-likeness (QED) is 0.831. The summed E-state index contributed by atoms with van der Waals surface area (Å²) in [6, 6.07) is 10.1. The Morgan fingerprint density at radius 2 is 2.20 bits per heavy atom. The molecular weight excluding hydrogens is 254 g/mol. The molecule has 4 nitrogen and oxygen atoms in total. The number of amides is 1. The zero-order valence-electron chi connectivity index (χ0n) is 12.0. The average molecular weight is 277 g/mol. The van der Waals surface area contributed by atoms with Crippen molar-refractivity contribution in [3.63, 3.8) is 0 Å². The molecule has 1 saturated heterocycles. The van der Waals surface area contributed by atoms with Gasteiger partial charge in [0.25, 0.3) is 0 Å².